The van der Waals surface area contributed by atoms with Crippen LogP contribution < -0.4 is 11.0 Å². The number of carbonyl (C=O) groups is 1. The first-order chi connectivity index (χ1) is 12.6. The molecule has 1 saturated heterocycles. The number of hydrogen-bond donors (Lipinski definition) is 1. The first-order valence-corrected chi connectivity index (χ1v) is 9.75. The fourth-order valence-electron chi connectivity index (χ4n) is 3.73. The molecule has 0 aliphatic carbocycles. The maximum atomic E-state index is 13.2. The number of rotatable bonds is 7. The molecule has 0 spiro atoms. The van der Waals surface area contributed by atoms with Gasteiger partial charge < -0.3 is 15.0 Å². The molecule has 1 aromatic rings. The summed E-state index contributed by atoms with van der Waals surface area (Å²) in [5, 5.41) is 7.81. The second-order valence-electron chi connectivity index (χ2n) is 8.77. The molecule has 2 heterocycles. The van der Waals surface area contributed by atoms with Crippen LogP contribution in [0.1, 0.15) is 52.3 Å². The van der Waals surface area contributed by atoms with E-state index in [9.17, 15) is 9.59 Å². The van der Waals surface area contributed by atoms with E-state index in [1.165, 1.54) is 9.25 Å². The van der Waals surface area contributed by atoms with Gasteiger partial charge in [-0.15, -0.1) is 0 Å². The van der Waals surface area contributed by atoms with Gasteiger partial charge in [0.1, 0.15) is 0 Å². The maximum Gasteiger partial charge on any atom is 0.345 e. The molecular formula is C19H35N5O3. The van der Waals surface area contributed by atoms with E-state index in [4.69, 9.17) is 4.74 Å². The lowest BCUT2D eigenvalue weighted by Gasteiger charge is -2.31. The summed E-state index contributed by atoms with van der Waals surface area (Å²) in [5.74, 6) is 0.695. The average molecular weight is 382 g/mol. The Bertz CT molecular complexity index is 688. The molecule has 1 aromatic heterocycles. The molecule has 0 saturated carbocycles. The first-order valence-electron chi connectivity index (χ1n) is 9.75. The standard InChI is InChI=1S/C19H35N5O3/c1-19(2,3)11-14(13-27-6)20-15-9-7-8-10-24(17(15)25)12-16-21-23(5)18(26)22(16)4/h14-15,20H,7-13H2,1-6H3. The van der Waals surface area contributed by atoms with Crippen LogP contribution in [0.5, 0.6) is 0 Å². The number of methoxy groups -OCH3 is 1. The minimum Gasteiger partial charge on any atom is -0.383 e. The molecule has 0 bridgehead atoms. The monoisotopic (exact) mass is 381 g/mol. The fraction of sp³-hybridized carbons (Fsp3) is 0.842. The number of aryl methyl sites for hydroxylation is 1. The second kappa shape index (κ2) is 9.01. The predicted molar refractivity (Wildman–Crippen MR) is 104 cm³/mol. The van der Waals surface area contributed by atoms with Gasteiger partial charge in [-0.3, -0.25) is 9.36 Å². The number of nitrogens with zero attached hydrogens (tertiary/aromatic N) is 4. The highest BCUT2D eigenvalue weighted by molar-refractivity contribution is 5.82. The largest absolute Gasteiger partial charge is 0.383 e. The van der Waals surface area contributed by atoms with Crippen LogP contribution in [0.2, 0.25) is 0 Å². The van der Waals surface area contributed by atoms with Crippen molar-refractivity contribution >= 4 is 5.91 Å². The van der Waals surface area contributed by atoms with E-state index in [0.29, 0.717) is 25.5 Å². The molecule has 1 fully saturated rings. The summed E-state index contributed by atoms with van der Waals surface area (Å²) >= 11 is 0. The number of ether oxygens (including phenoxy) is 1. The highest BCUT2D eigenvalue weighted by Gasteiger charge is 2.31. The van der Waals surface area contributed by atoms with E-state index in [0.717, 1.165) is 25.7 Å². The van der Waals surface area contributed by atoms with Crippen molar-refractivity contribution in [3.8, 4) is 0 Å². The normalized spacial score (nSPS) is 20.0. The fourth-order valence-corrected chi connectivity index (χ4v) is 3.73. The van der Waals surface area contributed by atoms with Crippen LogP contribution in [0, 0.1) is 5.41 Å². The minimum absolute atomic E-state index is 0.0839. The molecule has 0 radical (unpaired) electrons. The summed E-state index contributed by atoms with van der Waals surface area (Å²) in [6.07, 6.45) is 3.70. The molecule has 2 unspecified atom stereocenters. The summed E-state index contributed by atoms with van der Waals surface area (Å²) in [6, 6.07) is -0.0983. The van der Waals surface area contributed by atoms with Crippen LogP contribution in [0.4, 0.5) is 0 Å². The SMILES string of the molecule is COCC(CC(C)(C)C)NC1CCCCN(Cc2nn(C)c(=O)n2C)C1=O. The first kappa shape index (κ1) is 21.6. The lowest BCUT2D eigenvalue weighted by Crippen LogP contribution is -2.51. The van der Waals surface area contributed by atoms with Gasteiger partial charge in [-0.05, 0) is 31.1 Å². The van der Waals surface area contributed by atoms with Crippen molar-refractivity contribution in [2.45, 2.75) is 65.1 Å². The van der Waals surface area contributed by atoms with Crippen molar-refractivity contribution in [1.82, 2.24) is 24.6 Å². The molecule has 8 nitrogen and oxygen atoms in total. The molecule has 154 valence electrons. The van der Waals surface area contributed by atoms with Gasteiger partial charge in [-0.1, -0.05) is 20.8 Å². The Kier molecular flexibility index (Phi) is 7.22. The summed E-state index contributed by atoms with van der Waals surface area (Å²) in [5.41, 5.74) is -0.0251. The van der Waals surface area contributed by atoms with Crippen LogP contribution in [-0.2, 0) is 30.2 Å². The second-order valence-corrected chi connectivity index (χ2v) is 8.77. The Hall–Kier alpha value is -1.67. The van der Waals surface area contributed by atoms with Gasteiger partial charge in [-0.2, -0.15) is 5.10 Å². The lowest BCUT2D eigenvalue weighted by molar-refractivity contribution is -0.134. The maximum absolute atomic E-state index is 13.2. The number of nitrogens with one attached hydrogen (secondary N) is 1. The zero-order valence-corrected chi connectivity index (χ0v) is 17.6. The Morgan fingerprint density at radius 1 is 1.26 bits per heavy atom. The molecule has 2 atom stereocenters. The van der Waals surface area contributed by atoms with Gasteiger partial charge >= 0.3 is 5.69 Å². The van der Waals surface area contributed by atoms with Gasteiger partial charge in [0.15, 0.2) is 5.82 Å². The number of hydrogen-bond acceptors (Lipinski definition) is 5. The van der Waals surface area contributed by atoms with Gasteiger partial charge in [0.2, 0.25) is 5.91 Å². The number of likely N-dealkylation sites (tertiary alicyclic amines) is 1. The number of aromatic nitrogens is 3. The summed E-state index contributed by atoms with van der Waals surface area (Å²) < 4.78 is 8.19. The summed E-state index contributed by atoms with van der Waals surface area (Å²) in [6.45, 7) is 8.21. The zero-order chi connectivity index (χ0) is 20.2. The van der Waals surface area contributed by atoms with Gasteiger partial charge in [0.05, 0.1) is 19.2 Å². The topological polar surface area (TPSA) is 81.4 Å². The quantitative estimate of drug-likeness (QED) is 0.763. The number of carbonyl (C=O) groups excluding carboxylic acids is 1. The summed E-state index contributed by atoms with van der Waals surface area (Å²) in [4.78, 5) is 26.9. The summed E-state index contributed by atoms with van der Waals surface area (Å²) in [7, 11) is 5.02. The van der Waals surface area contributed by atoms with Crippen molar-refractivity contribution in [2.75, 3.05) is 20.3 Å². The van der Waals surface area contributed by atoms with Gasteiger partial charge in [0, 0.05) is 33.8 Å². The van der Waals surface area contributed by atoms with Crippen LogP contribution in [0.15, 0.2) is 4.79 Å². The van der Waals surface area contributed by atoms with E-state index in [1.807, 2.05) is 4.90 Å². The van der Waals surface area contributed by atoms with Crippen LogP contribution in [0.3, 0.4) is 0 Å². The Morgan fingerprint density at radius 3 is 2.52 bits per heavy atom. The molecule has 2 rings (SSSR count). The third-order valence-corrected chi connectivity index (χ3v) is 4.99. The van der Waals surface area contributed by atoms with Crippen molar-refractivity contribution in [3.05, 3.63) is 16.3 Å². The van der Waals surface area contributed by atoms with Crippen molar-refractivity contribution in [3.63, 3.8) is 0 Å². The molecule has 27 heavy (non-hydrogen) atoms. The zero-order valence-electron chi connectivity index (χ0n) is 17.6. The molecule has 0 aromatic carbocycles. The lowest BCUT2D eigenvalue weighted by atomic mass is 9.88. The minimum atomic E-state index is -0.226. The molecule has 1 aliphatic rings. The highest BCUT2D eigenvalue weighted by atomic mass is 16.5. The predicted octanol–water partition coefficient (Wildman–Crippen LogP) is 1.04. The molecule has 1 aliphatic heterocycles. The van der Waals surface area contributed by atoms with Crippen molar-refractivity contribution in [2.24, 2.45) is 19.5 Å². The molecule has 8 heteroatoms. The van der Waals surface area contributed by atoms with E-state index in [1.54, 1.807) is 21.2 Å². The Labute approximate surface area is 161 Å². The third kappa shape index (κ3) is 5.90. The average Bonchev–Trinajstić information content (AvgIpc) is 2.71. The molecular weight excluding hydrogens is 346 g/mol. The Balaban J connectivity index is 2.11. The van der Waals surface area contributed by atoms with Crippen LogP contribution >= 0.6 is 0 Å². The van der Waals surface area contributed by atoms with Gasteiger partial charge in [0.25, 0.3) is 0 Å². The molecule has 1 amide bonds. The van der Waals surface area contributed by atoms with Crippen molar-refractivity contribution < 1.29 is 9.53 Å². The smallest absolute Gasteiger partial charge is 0.345 e. The third-order valence-electron chi connectivity index (χ3n) is 4.99. The van der Waals surface area contributed by atoms with Gasteiger partial charge in [-0.25, -0.2) is 9.48 Å². The number of amides is 1. The van der Waals surface area contributed by atoms with E-state index in [2.05, 4.69) is 31.2 Å². The van der Waals surface area contributed by atoms with E-state index >= 15 is 0 Å². The van der Waals surface area contributed by atoms with Crippen LogP contribution in [-0.4, -0.2) is 57.5 Å². The van der Waals surface area contributed by atoms with Crippen LogP contribution in [0.25, 0.3) is 0 Å². The van der Waals surface area contributed by atoms with E-state index in [-0.39, 0.29) is 29.1 Å². The Morgan fingerprint density at radius 2 is 1.96 bits per heavy atom. The van der Waals surface area contributed by atoms with E-state index < -0.39 is 0 Å². The molecule has 1 N–H and O–H groups in total. The van der Waals surface area contributed by atoms with Crippen molar-refractivity contribution in [1.29, 1.82) is 0 Å². The highest BCUT2D eigenvalue weighted by Crippen LogP contribution is 2.22.